The lowest BCUT2D eigenvalue weighted by Gasteiger charge is -2.16. The molecule has 1 saturated heterocycles. The Morgan fingerprint density at radius 1 is 0.968 bits per heavy atom. The molecule has 6 heteroatoms. The van der Waals surface area contributed by atoms with Crippen molar-refractivity contribution in [1.82, 2.24) is 4.90 Å². The fourth-order valence-electron chi connectivity index (χ4n) is 3.27. The summed E-state index contributed by atoms with van der Waals surface area (Å²) in [6, 6.07) is 27.0. The summed E-state index contributed by atoms with van der Waals surface area (Å²) in [4.78, 5) is 32.1. The third-order valence-electron chi connectivity index (χ3n) is 4.89. The van der Waals surface area contributed by atoms with Crippen LogP contribution in [0.5, 0.6) is 0 Å². The van der Waals surface area contributed by atoms with E-state index >= 15 is 0 Å². The number of amidine groups is 1. The maximum Gasteiger partial charge on any atom is 0.242 e. The highest BCUT2D eigenvalue weighted by atomic mass is 32.2. The van der Waals surface area contributed by atoms with Crippen molar-refractivity contribution >= 4 is 40.1 Å². The number of aryl methyl sites for hydroxylation is 1. The average Bonchev–Trinajstić information content (AvgIpc) is 3.05. The Labute approximate surface area is 186 Å². The Morgan fingerprint density at radius 3 is 2.29 bits per heavy atom. The predicted molar refractivity (Wildman–Crippen MR) is 126 cm³/mol. The van der Waals surface area contributed by atoms with Crippen molar-refractivity contribution in [2.45, 2.75) is 25.1 Å². The van der Waals surface area contributed by atoms with Gasteiger partial charge in [0.15, 0.2) is 5.17 Å². The van der Waals surface area contributed by atoms with Gasteiger partial charge >= 0.3 is 0 Å². The SMILES string of the molecule is Cc1ccc(NC(=O)CC2SC(=Nc3ccccc3)N(Cc3ccccc3)C2=O)cc1. The van der Waals surface area contributed by atoms with E-state index in [4.69, 9.17) is 4.99 Å². The minimum Gasteiger partial charge on any atom is -0.326 e. The number of nitrogens with zero attached hydrogens (tertiary/aromatic N) is 2. The van der Waals surface area contributed by atoms with Gasteiger partial charge in [0.25, 0.3) is 0 Å². The minimum absolute atomic E-state index is 0.0937. The monoisotopic (exact) mass is 429 g/mol. The number of nitrogens with one attached hydrogen (secondary N) is 1. The van der Waals surface area contributed by atoms with Gasteiger partial charge in [-0.2, -0.15) is 0 Å². The van der Waals surface area contributed by atoms with Gasteiger partial charge in [0.1, 0.15) is 5.25 Å². The molecule has 0 radical (unpaired) electrons. The summed E-state index contributed by atoms with van der Waals surface area (Å²) in [6.07, 6.45) is 0.0937. The summed E-state index contributed by atoms with van der Waals surface area (Å²) in [6.45, 7) is 2.42. The van der Waals surface area contributed by atoms with Gasteiger partial charge in [-0.25, -0.2) is 4.99 Å². The van der Waals surface area contributed by atoms with Gasteiger partial charge in [-0.15, -0.1) is 0 Å². The van der Waals surface area contributed by atoms with Crippen LogP contribution in [0.3, 0.4) is 0 Å². The third kappa shape index (κ3) is 5.41. The molecular weight excluding hydrogens is 406 g/mol. The van der Waals surface area contributed by atoms with Crippen molar-refractivity contribution in [2.75, 3.05) is 5.32 Å². The summed E-state index contributed by atoms with van der Waals surface area (Å²) in [7, 11) is 0. The molecule has 4 rings (SSSR count). The molecule has 1 aliphatic heterocycles. The maximum atomic E-state index is 13.2. The second-order valence-corrected chi connectivity index (χ2v) is 8.53. The number of aliphatic imine (C=N–C) groups is 1. The molecule has 1 heterocycles. The quantitative estimate of drug-likeness (QED) is 0.589. The summed E-state index contributed by atoms with van der Waals surface area (Å²) >= 11 is 1.35. The molecule has 1 fully saturated rings. The van der Waals surface area contributed by atoms with Crippen molar-refractivity contribution in [2.24, 2.45) is 4.99 Å². The molecular formula is C25H23N3O2S. The van der Waals surface area contributed by atoms with Crippen LogP contribution in [-0.2, 0) is 16.1 Å². The third-order valence-corrected chi connectivity index (χ3v) is 6.07. The zero-order chi connectivity index (χ0) is 21.6. The fourth-order valence-corrected chi connectivity index (χ4v) is 4.42. The fraction of sp³-hybridized carbons (Fsp3) is 0.160. The molecule has 0 aliphatic carbocycles. The number of carbonyl (C=O) groups is 2. The van der Waals surface area contributed by atoms with Gasteiger partial charge in [-0.05, 0) is 36.8 Å². The number of anilines is 1. The molecule has 2 amide bonds. The summed E-state index contributed by atoms with van der Waals surface area (Å²) in [5.41, 5.74) is 3.64. The second-order valence-electron chi connectivity index (χ2n) is 7.36. The predicted octanol–water partition coefficient (Wildman–Crippen LogP) is 5.16. The Kier molecular flexibility index (Phi) is 6.48. The molecule has 1 aliphatic rings. The van der Waals surface area contributed by atoms with Gasteiger partial charge in [-0.1, -0.05) is 78.0 Å². The number of amides is 2. The van der Waals surface area contributed by atoms with Crippen LogP contribution in [0.25, 0.3) is 0 Å². The number of para-hydroxylation sites is 1. The Balaban J connectivity index is 1.52. The van der Waals surface area contributed by atoms with Gasteiger partial charge in [-0.3, -0.25) is 14.5 Å². The first kappa shape index (κ1) is 20.9. The van der Waals surface area contributed by atoms with Crippen LogP contribution in [0.2, 0.25) is 0 Å². The molecule has 0 bridgehead atoms. The molecule has 1 N–H and O–H groups in total. The van der Waals surface area contributed by atoms with Crippen LogP contribution in [0.1, 0.15) is 17.5 Å². The van der Waals surface area contributed by atoms with Crippen molar-refractivity contribution < 1.29 is 9.59 Å². The molecule has 31 heavy (non-hydrogen) atoms. The van der Waals surface area contributed by atoms with Gasteiger partial charge in [0.05, 0.1) is 12.2 Å². The van der Waals surface area contributed by atoms with Crippen LogP contribution in [0.4, 0.5) is 11.4 Å². The maximum absolute atomic E-state index is 13.2. The zero-order valence-corrected chi connectivity index (χ0v) is 18.0. The zero-order valence-electron chi connectivity index (χ0n) is 17.2. The highest BCUT2D eigenvalue weighted by molar-refractivity contribution is 8.15. The molecule has 156 valence electrons. The molecule has 1 unspecified atom stereocenters. The molecule has 0 spiro atoms. The van der Waals surface area contributed by atoms with Gasteiger partial charge < -0.3 is 5.32 Å². The van der Waals surface area contributed by atoms with Crippen LogP contribution < -0.4 is 5.32 Å². The average molecular weight is 430 g/mol. The normalized spacial score (nSPS) is 17.2. The van der Waals surface area contributed by atoms with Gasteiger partial charge in [0.2, 0.25) is 11.8 Å². The number of hydrogen-bond acceptors (Lipinski definition) is 4. The van der Waals surface area contributed by atoms with Crippen molar-refractivity contribution in [3.05, 3.63) is 96.1 Å². The summed E-state index contributed by atoms with van der Waals surface area (Å²) in [5, 5.41) is 3.00. The lowest BCUT2D eigenvalue weighted by Crippen LogP contribution is -2.33. The van der Waals surface area contributed by atoms with E-state index in [1.54, 1.807) is 4.90 Å². The molecule has 5 nitrogen and oxygen atoms in total. The van der Waals surface area contributed by atoms with E-state index in [9.17, 15) is 9.59 Å². The first-order valence-corrected chi connectivity index (χ1v) is 11.0. The topological polar surface area (TPSA) is 61.8 Å². The molecule has 0 saturated carbocycles. The van der Waals surface area contributed by atoms with E-state index < -0.39 is 5.25 Å². The van der Waals surface area contributed by atoms with E-state index in [1.165, 1.54) is 11.8 Å². The van der Waals surface area contributed by atoms with E-state index in [0.717, 1.165) is 22.5 Å². The number of thioether (sulfide) groups is 1. The Bertz CT molecular complexity index is 1080. The van der Waals surface area contributed by atoms with E-state index in [2.05, 4.69) is 5.32 Å². The molecule has 1 atom stereocenters. The molecule has 0 aromatic heterocycles. The summed E-state index contributed by atoms with van der Waals surface area (Å²) < 4.78 is 0. The smallest absolute Gasteiger partial charge is 0.242 e. The van der Waals surface area contributed by atoms with E-state index in [-0.39, 0.29) is 18.2 Å². The first-order chi connectivity index (χ1) is 15.1. The Hall–Kier alpha value is -3.38. The highest BCUT2D eigenvalue weighted by Gasteiger charge is 2.39. The highest BCUT2D eigenvalue weighted by Crippen LogP contribution is 2.33. The van der Waals surface area contributed by atoms with Crippen LogP contribution >= 0.6 is 11.8 Å². The lowest BCUT2D eigenvalue weighted by atomic mass is 10.2. The van der Waals surface area contributed by atoms with E-state index in [1.807, 2.05) is 91.9 Å². The number of benzene rings is 3. The first-order valence-electron chi connectivity index (χ1n) is 10.1. The van der Waals surface area contributed by atoms with Crippen LogP contribution in [-0.4, -0.2) is 27.1 Å². The van der Waals surface area contributed by atoms with E-state index in [0.29, 0.717) is 11.7 Å². The molecule has 3 aromatic rings. The largest absolute Gasteiger partial charge is 0.326 e. The lowest BCUT2D eigenvalue weighted by molar-refractivity contribution is -0.128. The van der Waals surface area contributed by atoms with Crippen LogP contribution in [0, 0.1) is 6.92 Å². The summed E-state index contributed by atoms with van der Waals surface area (Å²) in [5.74, 6) is -0.280. The van der Waals surface area contributed by atoms with Crippen molar-refractivity contribution in [1.29, 1.82) is 0 Å². The van der Waals surface area contributed by atoms with Crippen molar-refractivity contribution in [3.8, 4) is 0 Å². The minimum atomic E-state index is -0.503. The standard InChI is InChI=1S/C25H23N3O2S/c1-18-12-14-21(15-13-18)26-23(29)16-22-24(30)28(17-19-8-4-2-5-9-19)25(31-22)27-20-10-6-3-7-11-20/h2-15,22H,16-17H2,1H3,(H,26,29). The number of hydrogen-bond donors (Lipinski definition) is 1. The second kappa shape index (κ2) is 9.62. The Morgan fingerprint density at radius 2 is 1.61 bits per heavy atom. The van der Waals surface area contributed by atoms with Crippen LogP contribution in [0.15, 0.2) is 89.9 Å². The van der Waals surface area contributed by atoms with Crippen molar-refractivity contribution in [3.63, 3.8) is 0 Å². The molecule has 3 aromatic carbocycles. The number of carbonyl (C=O) groups excluding carboxylic acids is 2. The number of rotatable bonds is 6. The van der Waals surface area contributed by atoms with Gasteiger partial charge in [0, 0.05) is 12.1 Å².